The Labute approximate surface area is 296 Å². The highest BCUT2D eigenvalue weighted by molar-refractivity contribution is 7.80. The molecular weight excluding hydrogens is 630 g/mol. The molecule has 0 spiro atoms. The molecule has 49 heavy (non-hydrogen) atoms. The number of benzene rings is 6. The summed E-state index contributed by atoms with van der Waals surface area (Å²) < 4.78 is 7.35. The van der Waals surface area contributed by atoms with Crippen LogP contribution in [0.25, 0.3) is 0 Å². The van der Waals surface area contributed by atoms with Crippen LogP contribution in [-0.4, -0.2) is 0 Å². The number of rotatable bonds is 8. The first-order valence-corrected chi connectivity index (χ1v) is 19.9. The van der Waals surface area contributed by atoms with Crippen molar-refractivity contribution in [3.8, 4) is 11.5 Å². The molecule has 0 unspecified atom stereocenters. The minimum Gasteiger partial charge on any atom is -0.456 e. The predicted octanol–water partition coefficient (Wildman–Crippen LogP) is 10.1. The van der Waals surface area contributed by atoms with Crippen molar-refractivity contribution in [1.82, 2.24) is 0 Å². The van der Waals surface area contributed by atoms with Gasteiger partial charge in [0, 0.05) is 10.6 Å². The van der Waals surface area contributed by atoms with Crippen LogP contribution in [0.1, 0.15) is 55.6 Å². The lowest BCUT2D eigenvalue weighted by Crippen LogP contribution is -2.29. The summed E-state index contributed by atoms with van der Waals surface area (Å²) >= 11 is 0. The molecule has 0 aliphatic heterocycles. The quantitative estimate of drug-likeness (QED) is 0.146. The van der Waals surface area contributed by atoms with E-state index in [1.54, 1.807) is 0 Å². The first kappa shape index (κ1) is 34.8. The van der Waals surface area contributed by atoms with Gasteiger partial charge in [0.2, 0.25) is 0 Å². The van der Waals surface area contributed by atoms with Gasteiger partial charge in [-0.1, -0.05) is 96.1 Å². The van der Waals surface area contributed by atoms with Crippen LogP contribution < -0.4 is 36.6 Å². The Balaban J connectivity index is 1.62. The van der Waals surface area contributed by atoms with E-state index < -0.39 is 15.8 Å². The number of ether oxygens (including phenoxy) is 1. The minimum atomic E-state index is -0.922. The highest BCUT2D eigenvalue weighted by Crippen LogP contribution is 2.45. The molecule has 6 aromatic carbocycles. The van der Waals surface area contributed by atoms with E-state index in [9.17, 15) is 0 Å². The van der Waals surface area contributed by atoms with Crippen molar-refractivity contribution < 1.29 is 4.74 Å². The molecule has 1 nitrogen and oxygen atoms in total. The third-order valence-electron chi connectivity index (χ3n) is 9.58. The van der Waals surface area contributed by atoms with Crippen molar-refractivity contribution in [3.05, 3.63) is 165 Å². The molecule has 6 aromatic rings. The Kier molecular flexibility index (Phi) is 10.3. The maximum atomic E-state index is 7.35. The molecule has 0 saturated carbocycles. The van der Waals surface area contributed by atoms with Gasteiger partial charge in [0.05, 0.1) is 0 Å². The van der Waals surface area contributed by atoms with Crippen molar-refractivity contribution in [2.75, 3.05) is 0 Å². The number of hydrogen-bond donors (Lipinski definition) is 0. The second-order valence-corrected chi connectivity index (χ2v) is 17.8. The topological polar surface area (TPSA) is 9.23 Å². The number of aryl methyl sites for hydroxylation is 10. The fraction of sp³-hybridized carbons (Fsp3) is 0.217. The van der Waals surface area contributed by atoms with Gasteiger partial charge in [0.15, 0.2) is 0 Å². The normalized spacial score (nSPS) is 11.4. The van der Waals surface area contributed by atoms with Crippen LogP contribution in [0.15, 0.2) is 109 Å². The van der Waals surface area contributed by atoms with E-state index in [-0.39, 0.29) is 0 Å². The molecule has 3 heteroatoms. The highest BCUT2D eigenvalue weighted by Gasteiger charge is 2.30. The van der Waals surface area contributed by atoms with Crippen LogP contribution in [0.2, 0.25) is 0 Å². The zero-order chi connectivity index (χ0) is 35.0. The van der Waals surface area contributed by atoms with Crippen LogP contribution in [-0.2, 0) is 0 Å². The monoisotopic (exact) mass is 678 g/mol. The van der Waals surface area contributed by atoms with Gasteiger partial charge in [-0.25, -0.2) is 0 Å². The molecule has 6 rings (SSSR count). The Morgan fingerprint density at radius 1 is 0.327 bits per heavy atom. The van der Waals surface area contributed by atoms with E-state index in [2.05, 4.69) is 178 Å². The SMILES string of the molecule is Cc1ccc(Oc2ccc(C)cc2P(c2c(C)cccc2C)c2c(C)cccc2C)c(P(c2c(C)cccc2C)c2c(C)cccc2C)c1. The second kappa shape index (κ2) is 14.5. The van der Waals surface area contributed by atoms with Gasteiger partial charge in [0.25, 0.3) is 0 Å². The van der Waals surface area contributed by atoms with Gasteiger partial charge < -0.3 is 4.74 Å². The lowest BCUT2D eigenvalue weighted by atomic mass is 10.1. The van der Waals surface area contributed by atoms with Crippen LogP contribution in [0.3, 0.4) is 0 Å². The van der Waals surface area contributed by atoms with Gasteiger partial charge in [-0.15, -0.1) is 0 Å². The van der Waals surface area contributed by atoms with Crippen LogP contribution in [0.5, 0.6) is 11.5 Å². The first-order chi connectivity index (χ1) is 23.5. The molecule has 0 N–H and O–H groups in total. The third-order valence-corrected chi connectivity index (χ3v) is 15.9. The van der Waals surface area contributed by atoms with Crippen molar-refractivity contribution in [2.45, 2.75) is 69.2 Å². The summed E-state index contributed by atoms with van der Waals surface area (Å²) in [6.45, 7) is 22.5. The van der Waals surface area contributed by atoms with E-state index >= 15 is 0 Å². The Hall–Kier alpha value is -4.02. The molecule has 0 bridgehead atoms. The summed E-state index contributed by atoms with van der Waals surface area (Å²) in [5.41, 5.74) is 13.1. The number of hydrogen-bond acceptors (Lipinski definition) is 1. The average Bonchev–Trinajstić information content (AvgIpc) is 3.04. The van der Waals surface area contributed by atoms with Crippen LogP contribution in [0, 0.1) is 69.2 Å². The summed E-state index contributed by atoms with van der Waals surface area (Å²) in [5.74, 6) is 1.87. The summed E-state index contributed by atoms with van der Waals surface area (Å²) in [6, 6.07) is 40.5. The van der Waals surface area contributed by atoms with Crippen LogP contribution >= 0.6 is 15.8 Å². The maximum absolute atomic E-state index is 7.35. The van der Waals surface area contributed by atoms with Gasteiger partial charge in [-0.05, 0) is 175 Å². The zero-order valence-corrected chi connectivity index (χ0v) is 32.5. The van der Waals surface area contributed by atoms with Gasteiger partial charge in [-0.3, -0.25) is 0 Å². The molecular formula is C46H48OP2. The summed E-state index contributed by atoms with van der Waals surface area (Å²) in [4.78, 5) is 0. The largest absolute Gasteiger partial charge is 0.456 e. The molecule has 0 saturated heterocycles. The molecule has 248 valence electrons. The molecule has 0 aliphatic rings. The van der Waals surface area contributed by atoms with Gasteiger partial charge >= 0.3 is 0 Å². The minimum absolute atomic E-state index is 0.922. The molecule has 0 radical (unpaired) electrons. The molecule has 0 aliphatic carbocycles. The Morgan fingerprint density at radius 2 is 0.571 bits per heavy atom. The molecule has 0 atom stereocenters. The van der Waals surface area contributed by atoms with E-state index in [0.717, 1.165) is 11.5 Å². The molecule has 0 aromatic heterocycles. The molecule has 0 amide bonds. The summed E-state index contributed by atoms with van der Waals surface area (Å²) in [5, 5.41) is 8.20. The van der Waals surface area contributed by atoms with Crippen molar-refractivity contribution in [1.29, 1.82) is 0 Å². The summed E-state index contributed by atoms with van der Waals surface area (Å²) in [6.07, 6.45) is 0. The van der Waals surface area contributed by atoms with Crippen molar-refractivity contribution in [2.24, 2.45) is 0 Å². The van der Waals surface area contributed by atoms with Crippen molar-refractivity contribution >= 4 is 47.7 Å². The van der Waals surface area contributed by atoms with E-state index in [0.29, 0.717) is 0 Å². The summed E-state index contributed by atoms with van der Waals surface area (Å²) in [7, 11) is -1.84. The fourth-order valence-electron chi connectivity index (χ4n) is 7.23. The first-order valence-electron chi connectivity index (χ1n) is 17.2. The van der Waals surface area contributed by atoms with Crippen molar-refractivity contribution in [3.63, 3.8) is 0 Å². The average molecular weight is 679 g/mol. The third kappa shape index (κ3) is 6.90. The van der Waals surface area contributed by atoms with E-state index in [1.807, 2.05) is 0 Å². The smallest absolute Gasteiger partial charge is 0.135 e. The van der Waals surface area contributed by atoms with Gasteiger partial charge in [-0.2, -0.15) is 0 Å². The predicted molar refractivity (Wildman–Crippen MR) is 218 cm³/mol. The van der Waals surface area contributed by atoms with E-state index in [4.69, 9.17) is 4.74 Å². The Bertz CT molecular complexity index is 1840. The fourth-order valence-corrected chi connectivity index (χ4v) is 13.4. The lowest BCUT2D eigenvalue weighted by Gasteiger charge is -2.30. The Morgan fingerprint density at radius 3 is 0.816 bits per heavy atom. The maximum Gasteiger partial charge on any atom is 0.135 e. The molecule has 0 fully saturated rings. The zero-order valence-electron chi connectivity index (χ0n) is 30.7. The standard InChI is InChI=1S/C46H48OP2/c1-29-23-25-39(41(27-29)48(43-31(3)15-11-16-32(43)4)44-33(5)17-12-18-34(44)6)47-40-26-24-30(2)28-42(40)49(45-35(7)19-13-20-36(45)8)46-37(9)21-14-22-38(46)10/h11-28H,1-10H3. The molecule has 0 heterocycles. The van der Waals surface area contributed by atoms with Crippen LogP contribution in [0.4, 0.5) is 0 Å². The van der Waals surface area contributed by atoms with Gasteiger partial charge in [0.1, 0.15) is 11.5 Å². The lowest BCUT2D eigenvalue weighted by molar-refractivity contribution is 0.490. The second-order valence-electron chi connectivity index (χ2n) is 13.7. The highest BCUT2D eigenvalue weighted by atomic mass is 31.1. The van der Waals surface area contributed by atoms with E-state index in [1.165, 1.54) is 87.5 Å².